The molecule has 156 valence electrons. The molecule has 2 N–H and O–H groups in total. The summed E-state index contributed by atoms with van der Waals surface area (Å²) in [4.78, 5) is 24.6. The molecule has 4 rings (SSSR count). The minimum Gasteiger partial charge on any atom is -0.493 e. The Labute approximate surface area is 170 Å². The van der Waals surface area contributed by atoms with E-state index in [9.17, 15) is 22.8 Å². The quantitative estimate of drug-likeness (QED) is 0.722. The average molecular weight is 416 g/mol. The molecule has 8 heteroatoms. The van der Waals surface area contributed by atoms with E-state index in [0.717, 1.165) is 24.1 Å². The molecule has 2 aromatic rings. The van der Waals surface area contributed by atoms with Gasteiger partial charge < -0.3 is 15.4 Å². The van der Waals surface area contributed by atoms with Crippen LogP contribution in [0.5, 0.6) is 5.75 Å². The first-order valence-corrected chi connectivity index (χ1v) is 9.58. The van der Waals surface area contributed by atoms with E-state index in [0.29, 0.717) is 41.8 Å². The van der Waals surface area contributed by atoms with Crippen LogP contribution >= 0.6 is 0 Å². The molecule has 30 heavy (non-hydrogen) atoms. The van der Waals surface area contributed by atoms with Crippen LogP contribution in [0.15, 0.2) is 42.5 Å². The molecule has 0 aliphatic carbocycles. The Hall–Kier alpha value is -3.29. The van der Waals surface area contributed by atoms with Crippen molar-refractivity contribution in [1.29, 1.82) is 0 Å². The Morgan fingerprint density at radius 3 is 2.73 bits per heavy atom. The third-order valence-corrected chi connectivity index (χ3v) is 5.11. The van der Waals surface area contributed by atoms with Crippen molar-refractivity contribution < 1.29 is 27.5 Å². The number of anilines is 1. The van der Waals surface area contributed by atoms with Gasteiger partial charge in [-0.3, -0.25) is 9.59 Å². The fraction of sp³-hybridized carbons (Fsp3) is 0.273. The van der Waals surface area contributed by atoms with Crippen LogP contribution in [0.2, 0.25) is 0 Å². The van der Waals surface area contributed by atoms with Gasteiger partial charge in [-0.1, -0.05) is 12.1 Å². The van der Waals surface area contributed by atoms with Crippen molar-refractivity contribution >= 4 is 23.1 Å². The van der Waals surface area contributed by atoms with E-state index in [1.165, 1.54) is 12.1 Å². The van der Waals surface area contributed by atoms with Crippen LogP contribution < -0.4 is 15.4 Å². The molecule has 2 amide bonds. The van der Waals surface area contributed by atoms with Gasteiger partial charge in [0.2, 0.25) is 5.91 Å². The highest BCUT2D eigenvalue weighted by Crippen LogP contribution is 2.38. The molecular weight excluding hydrogens is 397 g/mol. The van der Waals surface area contributed by atoms with Crippen LogP contribution in [-0.2, 0) is 17.4 Å². The first-order chi connectivity index (χ1) is 14.3. The molecular formula is C22H19F3N2O3. The molecule has 2 aliphatic heterocycles. The highest BCUT2D eigenvalue weighted by molar-refractivity contribution is 6.05. The zero-order valence-corrected chi connectivity index (χ0v) is 15.9. The summed E-state index contributed by atoms with van der Waals surface area (Å²) in [5, 5.41) is 5.49. The summed E-state index contributed by atoms with van der Waals surface area (Å²) in [6, 6.07) is 8.46. The van der Waals surface area contributed by atoms with Gasteiger partial charge in [0.15, 0.2) is 0 Å². The molecule has 5 nitrogen and oxygen atoms in total. The molecule has 2 heterocycles. The predicted octanol–water partition coefficient (Wildman–Crippen LogP) is 4.19. The maximum absolute atomic E-state index is 13.0. The van der Waals surface area contributed by atoms with Gasteiger partial charge in [-0.25, -0.2) is 0 Å². The molecule has 0 aromatic heterocycles. The fourth-order valence-electron chi connectivity index (χ4n) is 3.64. The van der Waals surface area contributed by atoms with Crippen molar-refractivity contribution in [3.8, 4) is 5.75 Å². The molecule has 0 atom stereocenters. The van der Waals surface area contributed by atoms with Crippen molar-refractivity contribution in [1.82, 2.24) is 5.32 Å². The highest BCUT2D eigenvalue weighted by atomic mass is 19.4. The van der Waals surface area contributed by atoms with E-state index in [2.05, 4.69) is 10.6 Å². The number of hydrogen-bond acceptors (Lipinski definition) is 3. The van der Waals surface area contributed by atoms with Crippen LogP contribution in [0.4, 0.5) is 18.9 Å². The van der Waals surface area contributed by atoms with Gasteiger partial charge in [-0.15, -0.1) is 0 Å². The second-order valence-corrected chi connectivity index (χ2v) is 7.20. The summed E-state index contributed by atoms with van der Waals surface area (Å²) in [6.45, 7) is 0.856. The molecule has 2 aliphatic rings. The summed E-state index contributed by atoms with van der Waals surface area (Å²) >= 11 is 0. The lowest BCUT2D eigenvalue weighted by Crippen LogP contribution is -2.31. The molecule has 0 radical (unpaired) electrons. The van der Waals surface area contributed by atoms with Crippen molar-refractivity contribution in [2.75, 3.05) is 18.5 Å². The number of halogens is 3. The van der Waals surface area contributed by atoms with Crippen LogP contribution in [0.25, 0.3) is 5.57 Å². The van der Waals surface area contributed by atoms with Crippen LogP contribution in [0, 0.1) is 0 Å². The molecule has 0 unspecified atom stereocenters. The molecule has 0 fully saturated rings. The molecule has 0 bridgehead atoms. The fourth-order valence-corrected chi connectivity index (χ4v) is 3.64. The Bertz CT molecular complexity index is 1040. The second-order valence-electron chi connectivity index (χ2n) is 7.20. The number of alkyl halides is 3. The van der Waals surface area contributed by atoms with Crippen LogP contribution in [0.1, 0.15) is 39.9 Å². The van der Waals surface area contributed by atoms with E-state index in [1.807, 2.05) is 6.07 Å². The highest BCUT2D eigenvalue weighted by Gasteiger charge is 2.32. The normalized spacial score (nSPS) is 17.3. The number of nitrogens with one attached hydrogen (secondary N) is 2. The Balaban J connectivity index is 1.58. The van der Waals surface area contributed by atoms with E-state index in [-0.39, 0.29) is 18.3 Å². The van der Waals surface area contributed by atoms with Crippen LogP contribution in [-0.4, -0.2) is 25.0 Å². The summed E-state index contributed by atoms with van der Waals surface area (Å²) < 4.78 is 44.5. The van der Waals surface area contributed by atoms with Gasteiger partial charge in [0, 0.05) is 29.4 Å². The minimum atomic E-state index is -4.47. The van der Waals surface area contributed by atoms with Crippen LogP contribution in [0.3, 0.4) is 0 Å². The SMILES string of the molecule is O=C(C=C1CCCOc2cc(C(F)(F)F)ccc21)Nc1ccc2c(c1)C(=O)NCC2. The van der Waals surface area contributed by atoms with Gasteiger partial charge in [0.1, 0.15) is 5.75 Å². The molecule has 0 saturated carbocycles. The van der Waals surface area contributed by atoms with E-state index in [4.69, 9.17) is 4.74 Å². The van der Waals surface area contributed by atoms with E-state index >= 15 is 0 Å². The lowest BCUT2D eigenvalue weighted by Gasteiger charge is -2.17. The average Bonchev–Trinajstić information content (AvgIpc) is 2.90. The van der Waals surface area contributed by atoms with Gasteiger partial charge in [0.25, 0.3) is 5.91 Å². The van der Waals surface area contributed by atoms with Crippen molar-refractivity contribution in [2.45, 2.75) is 25.4 Å². The van der Waals surface area contributed by atoms with Crippen molar-refractivity contribution in [3.63, 3.8) is 0 Å². The summed E-state index contributed by atoms with van der Waals surface area (Å²) in [5.41, 5.74) is 2.21. The Morgan fingerprint density at radius 2 is 1.93 bits per heavy atom. The minimum absolute atomic E-state index is 0.117. The zero-order valence-electron chi connectivity index (χ0n) is 15.9. The zero-order chi connectivity index (χ0) is 21.3. The van der Waals surface area contributed by atoms with Crippen molar-refractivity contribution in [2.24, 2.45) is 0 Å². The smallest absolute Gasteiger partial charge is 0.416 e. The number of ether oxygens (including phenoxy) is 1. The maximum Gasteiger partial charge on any atom is 0.416 e. The predicted molar refractivity (Wildman–Crippen MR) is 105 cm³/mol. The standard InChI is InChI=1S/C22H19F3N2O3/c23-22(24,25)15-4-6-17-14(2-1-9-30-19(17)11-15)10-20(28)27-16-5-3-13-7-8-26-21(29)18(13)12-16/h3-6,10-12H,1-2,7-9H2,(H,26,29)(H,27,28). The van der Waals surface area contributed by atoms with Gasteiger partial charge in [-0.05, 0) is 54.7 Å². The van der Waals surface area contributed by atoms with Gasteiger partial charge >= 0.3 is 6.18 Å². The lowest BCUT2D eigenvalue weighted by molar-refractivity contribution is -0.137. The summed E-state index contributed by atoms with van der Waals surface area (Å²) in [7, 11) is 0. The Morgan fingerprint density at radius 1 is 1.10 bits per heavy atom. The molecule has 0 saturated heterocycles. The maximum atomic E-state index is 13.0. The third kappa shape index (κ3) is 4.17. The third-order valence-electron chi connectivity index (χ3n) is 5.11. The first kappa shape index (κ1) is 20.0. The monoisotopic (exact) mass is 416 g/mol. The van der Waals surface area contributed by atoms with Gasteiger partial charge in [-0.2, -0.15) is 13.2 Å². The number of carbonyl (C=O) groups is 2. The summed E-state index contributed by atoms with van der Waals surface area (Å²) in [6.07, 6.45) is -1.28. The van der Waals surface area contributed by atoms with Gasteiger partial charge in [0.05, 0.1) is 12.2 Å². The number of rotatable bonds is 2. The van der Waals surface area contributed by atoms with E-state index < -0.39 is 17.6 Å². The number of benzene rings is 2. The lowest BCUT2D eigenvalue weighted by atomic mass is 9.98. The number of amides is 2. The number of fused-ring (bicyclic) bond motifs is 2. The molecule has 2 aromatic carbocycles. The largest absolute Gasteiger partial charge is 0.493 e. The number of carbonyl (C=O) groups excluding carboxylic acids is 2. The van der Waals surface area contributed by atoms with E-state index in [1.54, 1.807) is 12.1 Å². The topological polar surface area (TPSA) is 67.4 Å². The number of hydrogen-bond donors (Lipinski definition) is 2. The molecule has 0 spiro atoms. The van der Waals surface area contributed by atoms with Crippen molar-refractivity contribution in [3.05, 3.63) is 64.7 Å². The summed E-state index contributed by atoms with van der Waals surface area (Å²) in [5.74, 6) is -0.484. The Kier molecular flexibility index (Phi) is 5.24. The second kappa shape index (κ2) is 7.85. The number of allylic oxidation sites excluding steroid dienone is 1. The first-order valence-electron chi connectivity index (χ1n) is 9.58.